The normalized spacial score (nSPS) is 11.5. The highest BCUT2D eigenvalue weighted by molar-refractivity contribution is 7.98. The summed E-state index contributed by atoms with van der Waals surface area (Å²) in [6.07, 6.45) is 5.41. The monoisotopic (exact) mass is 232 g/mol. The number of nitrogens with one attached hydrogen (secondary N) is 1. The first-order valence-electron chi connectivity index (χ1n) is 5.64. The number of hydrogen-bond donors (Lipinski definition) is 2. The average Bonchev–Trinajstić information content (AvgIpc) is 2.26. The topological polar surface area (TPSA) is 55.1 Å². The second kappa shape index (κ2) is 7.99. The molecule has 0 rings (SSSR count). The van der Waals surface area contributed by atoms with Crippen molar-refractivity contribution >= 4 is 17.7 Å². The molecule has 0 saturated heterocycles. The third-order valence-electron chi connectivity index (χ3n) is 2.90. The number of nitrogens with two attached hydrogens (primary N) is 1. The summed E-state index contributed by atoms with van der Waals surface area (Å²) in [7, 11) is 0. The van der Waals surface area contributed by atoms with Crippen LogP contribution in [0.1, 0.15) is 39.5 Å². The molecule has 0 aromatic rings. The minimum absolute atomic E-state index is 0.137. The van der Waals surface area contributed by atoms with E-state index in [0.717, 1.165) is 25.0 Å². The molecule has 90 valence electrons. The molecule has 3 N–H and O–H groups in total. The molecule has 0 spiro atoms. The van der Waals surface area contributed by atoms with E-state index in [2.05, 4.69) is 25.4 Å². The molecule has 1 amide bonds. The summed E-state index contributed by atoms with van der Waals surface area (Å²) in [6.45, 7) is 4.66. The average molecular weight is 232 g/mol. The van der Waals surface area contributed by atoms with Crippen molar-refractivity contribution in [2.45, 2.75) is 45.1 Å². The molecular weight excluding hydrogens is 208 g/mol. The predicted octanol–water partition coefficient (Wildman–Crippen LogP) is 1.76. The number of hydrogen-bond acceptors (Lipinski definition) is 3. The zero-order valence-electron chi connectivity index (χ0n) is 10.1. The first-order chi connectivity index (χ1) is 7.14. The van der Waals surface area contributed by atoms with Crippen molar-refractivity contribution in [3.63, 3.8) is 0 Å². The largest absolute Gasteiger partial charge is 0.349 e. The van der Waals surface area contributed by atoms with Gasteiger partial charge in [-0.25, -0.2) is 0 Å². The standard InChI is InChI=1S/C11H24N2OS/c1-4-11(5-2,9-12)13-10(14)7-6-8-15-3/h4-9,12H2,1-3H3,(H,13,14). The molecular formula is C11H24N2OS. The van der Waals surface area contributed by atoms with Gasteiger partial charge in [0.25, 0.3) is 0 Å². The highest BCUT2D eigenvalue weighted by atomic mass is 32.2. The Bertz CT molecular complexity index is 173. The lowest BCUT2D eigenvalue weighted by Crippen LogP contribution is -2.52. The SMILES string of the molecule is CCC(CC)(CN)NC(=O)CCCSC. The van der Waals surface area contributed by atoms with Crippen LogP contribution in [0, 0.1) is 0 Å². The van der Waals surface area contributed by atoms with Crippen molar-refractivity contribution in [2.75, 3.05) is 18.6 Å². The lowest BCUT2D eigenvalue weighted by atomic mass is 9.93. The van der Waals surface area contributed by atoms with Crippen LogP contribution in [0.25, 0.3) is 0 Å². The van der Waals surface area contributed by atoms with Crippen LogP contribution in [-0.2, 0) is 4.79 Å². The van der Waals surface area contributed by atoms with Crippen molar-refractivity contribution in [3.8, 4) is 0 Å². The second-order valence-electron chi connectivity index (χ2n) is 3.84. The van der Waals surface area contributed by atoms with E-state index in [1.165, 1.54) is 0 Å². The number of carbonyl (C=O) groups is 1. The van der Waals surface area contributed by atoms with E-state index < -0.39 is 0 Å². The summed E-state index contributed by atoms with van der Waals surface area (Å²) in [5, 5.41) is 3.07. The van der Waals surface area contributed by atoms with Crippen molar-refractivity contribution in [2.24, 2.45) is 5.73 Å². The molecule has 3 nitrogen and oxygen atoms in total. The van der Waals surface area contributed by atoms with Crippen LogP contribution in [0.2, 0.25) is 0 Å². The van der Waals surface area contributed by atoms with Crippen LogP contribution in [-0.4, -0.2) is 30.0 Å². The van der Waals surface area contributed by atoms with Gasteiger partial charge in [0.2, 0.25) is 5.91 Å². The Morgan fingerprint density at radius 3 is 2.40 bits per heavy atom. The summed E-state index contributed by atoms with van der Waals surface area (Å²) in [6, 6.07) is 0. The number of thioether (sulfide) groups is 1. The van der Waals surface area contributed by atoms with Gasteiger partial charge >= 0.3 is 0 Å². The van der Waals surface area contributed by atoms with Gasteiger partial charge in [-0.15, -0.1) is 0 Å². The Hall–Kier alpha value is -0.220. The Morgan fingerprint density at radius 1 is 1.40 bits per heavy atom. The summed E-state index contributed by atoms with van der Waals surface area (Å²) in [5.74, 6) is 1.18. The molecule has 0 bridgehead atoms. The zero-order valence-corrected chi connectivity index (χ0v) is 11.0. The fraction of sp³-hybridized carbons (Fsp3) is 0.909. The van der Waals surface area contributed by atoms with Crippen LogP contribution in [0.15, 0.2) is 0 Å². The molecule has 0 unspecified atom stereocenters. The molecule has 0 aromatic heterocycles. The molecule has 0 heterocycles. The second-order valence-corrected chi connectivity index (χ2v) is 4.82. The number of rotatable bonds is 8. The van der Waals surface area contributed by atoms with E-state index >= 15 is 0 Å². The fourth-order valence-corrected chi connectivity index (χ4v) is 1.93. The van der Waals surface area contributed by atoms with Crippen LogP contribution in [0.3, 0.4) is 0 Å². The number of carbonyl (C=O) groups excluding carboxylic acids is 1. The van der Waals surface area contributed by atoms with Gasteiger partial charge in [0, 0.05) is 13.0 Å². The van der Waals surface area contributed by atoms with Crippen LogP contribution < -0.4 is 11.1 Å². The molecule has 0 aliphatic heterocycles. The van der Waals surface area contributed by atoms with Gasteiger partial charge in [-0.05, 0) is 31.3 Å². The van der Waals surface area contributed by atoms with E-state index in [0.29, 0.717) is 13.0 Å². The Kier molecular flexibility index (Phi) is 7.88. The first kappa shape index (κ1) is 14.8. The smallest absolute Gasteiger partial charge is 0.220 e. The molecule has 0 fully saturated rings. The third kappa shape index (κ3) is 5.42. The molecule has 0 aliphatic rings. The molecule has 0 radical (unpaired) electrons. The van der Waals surface area contributed by atoms with Gasteiger partial charge in [0.1, 0.15) is 0 Å². The lowest BCUT2D eigenvalue weighted by molar-refractivity contribution is -0.123. The molecule has 0 atom stereocenters. The van der Waals surface area contributed by atoms with Crippen molar-refractivity contribution < 1.29 is 4.79 Å². The molecule has 15 heavy (non-hydrogen) atoms. The lowest BCUT2D eigenvalue weighted by Gasteiger charge is -2.31. The summed E-state index contributed by atoms with van der Waals surface area (Å²) < 4.78 is 0. The van der Waals surface area contributed by atoms with Crippen molar-refractivity contribution in [3.05, 3.63) is 0 Å². The van der Waals surface area contributed by atoms with E-state index in [-0.39, 0.29) is 11.4 Å². The maximum atomic E-state index is 11.6. The van der Waals surface area contributed by atoms with Crippen molar-refractivity contribution in [1.29, 1.82) is 0 Å². The van der Waals surface area contributed by atoms with Gasteiger partial charge in [-0.3, -0.25) is 4.79 Å². The number of amides is 1. The van der Waals surface area contributed by atoms with Crippen LogP contribution in [0.4, 0.5) is 0 Å². The zero-order chi connectivity index (χ0) is 11.7. The minimum atomic E-state index is -0.184. The predicted molar refractivity (Wildman–Crippen MR) is 68.1 cm³/mol. The highest BCUT2D eigenvalue weighted by Crippen LogP contribution is 2.13. The van der Waals surface area contributed by atoms with Gasteiger partial charge in [-0.2, -0.15) is 11.8 Å². The quantitative estimate of drug-likeness (QED) is 0.627. The first-order valence-corrected chi connectivity index (χ1v) is 7.03. The third-order valence-corrected chi connectivity index (χ3v) is 3.60. The van der Waals surface area contributed by atoms with E-state index in [4.69, 9.17) is 5.73 Å². The summed E-state index contributed by atoms with van der Waals surface area (Å²) in [5.41, 5.74) is 5.53. The summed E-state index contributed by atoms with van der Waals surface area (Å²) in [4.78, 5) is 11.6. The van der Waals surface area contributed by atoms with Gasteiger partial charge < -0.3 is 11.1 Å². The van der Waals surface area contributed by atoms with Crippen LogP contribution >= 0.6 is 11.8 Å². The maximum Gasteiger partial charge on any atom is 0.220 e. The van der Waals surface area contributed by atoms with E-state index in [1.54, 1.807) is 11.8 Å². The van der Waals surface area contributed by atoms with Crippen molar-refractivity contribution in [1.82, 2.24) is 5.32 Å². The maximum absolute atomic E-state index is 11.6. The van der Waals surface area contributed by atoms with Gasteiger partial charge in [0.05, 0.1) is 5.54 Å². The Labute approximate surface area is 97.6 Å². The molecule has 0 saturated carbocycles. The summed E-state index contributed by atoms with van der Waals surface area (Å²) >= 11 is 1.77. The highest BCUT2D eigenvalue weighted by Gasteiger charge is 2.25. The van der Waals surface area contributed by atoms with Gasteiger partial charge in [0.15, 0.2) is 0 Å². The van der Waals surface area contributed by atoms with Gasteiger partial charge in [-0.1, -0.05) is 13.8 Å². The van der Waals surface area contributed by atoms with Crippen LogP contribution in [0.5, 0.6) is 0 Å². The molecule has 0 aromatic carbocycles. The molecule has 4 heteroatoms. The fourth-order valence-electron chi connectivity index (χ4n) is 1.50. The van der Waals surface area contributed by atoms with E-state index in [9.17, 15) is 4.79 Å². The Balaban J connectivity index is 4.00. The van der Waals surface area contributed by atoms with E-state index in [1.807, 2.05) is 0 Å². The minimum Gasteiger partial charge on any atom is -0.349 e. The molecule has 0 aliphatic carbocycles. The Morgan fingerprint density at radius 2 is 2.00 bits per heavy atom.